The topological polar surface area (TPSA) is 106 Å². The second-order valence-electron chi connectivity index (χ2n) is 6.83. The van der Waals surface area contributed by atoms with Crippen molar-refractivity contribution in [3.63, 3.8) is 0 Å². The minimum atomic E-state index is -0.0638. The van der Waals surface area contributed by atoms with Crippen LogP contribution in [0.25, 0.3) is 0 Å². The Bertz CT molecular complexity index is 918. The number of amides is 2. The van der Waals surface area contributed by atoms with Crippen molar-refractivity contribution in [3.05, 3.63) is 23.8 Å². The molecule has 10 nitrogen and oxygen atoms in total. The van der Waals surface area contributed by atoms with Crippen molar-refractivity contribution in [2.75, 3.05) is 71.3 Å². The quantitative estimate of drug-likeness (QED) is 0.398. The highest BCUT2D eigenvalue weighted by molar-refractivity contribution is 8.01. The van der Waals surface area contributed by atoms with Gasteiger partial charge in [-0.15, -0.1) is 10.2 Å². The van der Waals surface area contributed by atoms with Gasteiger partial charge < -0.3 is 29.3 Å². The van der Waals surface area contributed by atoms with Crippen LogP contribution in [-0.4, -0.2) is 93.3 Å². The number of anilines is 1. The molecule has 1 N–H and O–H groups in total. The lowest BCUT2D eigenvalue weighted by Gasteiger charge is -2.34. The number of ether oxygens (including phenoxy) is 3. The van der Waals surface area contributed by atoms with Crippen LogP contribution >= 0.6 is 23.1 Å². The maximum Gasteiger partial charge on any atom is 0.254 e. The second kappa shape index (κ2) is 11.9. The summed E-state index contributed by atoms with van der Waals surface area (Å²) in [7, 11) is 4.71. The van der Waals surface area contributed by atoms with Gasteiger partial charge in [0.1, 0.15) is 0 Å². The molecule has 3 rings (SSSR count). The Labute approximate surface area is 195 Å². The van der Waals surface area contributed by atoms with Crippen LogP contribution in [0.5, 0.6) is 11.5 Å². The Kier molecular flexibility index (Phi) is 8.94. The molecule has 0 radical (unpaired) electrons. The largest absolute Gasteiger partial charge is 0.493 e. The molecule has 0 saturated carbocycles. The number of rotatable bonds is 10. The van der Waals surface area contributed by atoms with Crippen LogP contribution in [0.15, 0.2) is 22.5 Å². The molecule has 1 saturated heterocycles. The first-order valence-corrected chi connectivity index (χ1v) is 11.8. The highest BCUT2D eigenvalue weighted by atomic mass is 32.2. The zero-order valence-corrected chi connectivity index (χ0v) is 20.0. The van der Waals surface area contributed by atoms with E-state index in [4.69, 9.17) is 14.2 Å². The predicted octanol–water partition coefficient (Wildman–Crippen LogP) is 1.37. The summed E-state index contributed by atoms with van der Waals surface area (Å²) in [5.74, 6) is 1.30. The summed E-state index contributed by atoms with van der Waals surface area (Å²) in [6.45, 7) is 3.46. The summed E-state index contributed by atoms with van der Waals surface area (Å²) in [6.07, 6.45) is 0. The van der Waals surface area contributed by atoms with Crippen molar-refractivity contribution < 1.29 is 23.8 Å². The summed E-state index contributed by atoms with van der Waals surface area (Å²) in [5.41, 5.74) is 0.564. The SMILES string of the molecule is COCCNC(=O)CSc1nnc(N2CCN(C(=O)c3ccc(OC)c(OC)c3)CC2)s1. The number of nitrogens with zero attached hydrogens (tertiary/aromatic N) is 4. The lowest BCUT2D eigenvalue weighted by molar-refractivity contribution is -0.118. The Hall–Kier alpha value is -2.57. The number of piperazine rings is 1. The van der Waals surface area contributed by atoms with Crippen LogP contribution in [0.3, 0.4) is 0 Å². The molecule has 0 bridgehead atoms. The van der Waals surface area contributed by atoms with Gasteiger partial charge in [-0.3, -0.25) is 9.59 Å². The lowest BCUT2D eigenvalue weighted by Crippen LogP contribution is -2.48. The fraction of sp³-hybridized carbons (Fsp3) is 0.500. The van der Waals surface area contributed by atoms with E-state index < -0.39 is 0 Å². The predicted molar refractivity (Wildman–Crippen MR) is 123 cm³/mol. The highest BCUT2D eigenvalue weighted by Gasteiger charge is 2.25. The van der Waals surface area contributed by atoms with Gasteiger partial charge in [0, 0.05) is 45.4 Å². The van der Waals surface area contributed by atoms with E-state index in [-0.39, 0.29) is 17.6 Å². The number of benzene rings is 1. The van der Waals surface area contributed by atoms with E-state index in [1.807, 2.05) is 4.90 Å². The van der Waals surface area contributed by atoms with Crippen molar-refractivity contribution >= 4 is 40.0 Å². The molecule has 1 aromatic carbocycles. The molecule has 2 amide bonds. The monoisotopic (exact) mass is 481 g/mol. The summed E-state index contributed by atoms with van der Waals surface area (Å²) >= 11 is 2.81. The number of nitrogens with one attached hydrogen (secondary N) is 1. The minimum Gasteiger partial charge on any atom is -0.493 e. The van der Waals surface area contributed by atoms with Crippen LogP contribution in [0.4, 0.5) is 5.13 Å². The van der Waals surface area contributed by atoms with Gasteiger partial charge in [-0.1, -0.05) is 23.1 Å². The summed E-state index contributed by atoms with van der Waals surface area (Å²) in [4.78, 5) is 28.6. The standard InChI is InChI=1S/C20H27N5O5S2/c1-28-11-6-21-17(26)13-31-20-23-22-19(32-20)25-9-7-24(8-10-25)18(27)14-4-5-15(29-2)16(12-14)30-3/h4-5,12H,6-11,13H2,1-3H3,(H,21,26). The summed E-state index contributed by atoms with van der Waals surface area (Å²) in [5, 5.41) is 12.0. The maximum atomic E-state index is 12.9. The van der Waals surface area contributed by atoms with Gasteiger partial charge in [-0.25, -0.2) is 0 Å². The molecule has 0 atom stereocenters. The summed E-state index contributed by atoms with van der Waals surface area (Å²) in [6, 6.07) is 5.18. The minimum absolute atomic E-state index is 0.0430. The first-order valence-electron chi connectivity index (χ1n) is 10.0. The van der Waals surface area contributed by atoms with Crippen LogP contribution in [0.2, 0.25) is 0 Å². The van der Waals surface area contributed by atoms with E-state index in [1.54, 1.807) is 39.5 Å². The first kappa shape index (κ1) is 24.1. The Balaban J connectivity index is 1.49. The number of carbonyl (C=O) groups excluding carboxylic acids is 2. The second-order valence-corrected chi connectivity index (χ2v) is 9.01. The van der Waals surface area contributed by atoms with Crippen LogP contribution in [-0.2, 0) is 9.53 Å². The van der Waals surface area contributed by atoms with E-state index in [2.05, 4.69) is 20.4 Å². The van der Waals surface area contributed by atoms with Gasteiger partial charge in [0.15, 0.2) is 15.8 Å². The molecule has 1 aliphatic rings. The molecular weight excluding hydrogens is 454 g/mol. The number of methoxy groups -OCH3 is 3. The van der Waals surface area contributed by atoms with Gasteiger partial charge in [-0.2, -0.15) is 0 Å². The zero-order chi connectivity index (χ0) is 22.9. The molecule has 0 spiro atoms. The fourth-order valence-corrected chi connectivity index (χ4v) is 4.83. The van der Waals surface area contributed by atoms with E-state index in [0.717, 1.165) is 9.47 Å². The molecule has 0 aliphatic carbocycles. The van der Waals surface area contributed by atoms with Crippen molar-refractivity contribution in [2.24, 2.45) is 0 Å². The number of aromatic nitrogens is 2. The molecule has 1 aromatic heterocycles. The van der Waals surface area contributed by atoms with Crippen molar-refractivity contribution in [3.8, 4) is 11.5 Å². The molecule has 174 valence electrons. The van der Waals surface area contributed by atoms with Crippen LogP contribution in [0, 0.1) is 0 Å². The molecule has 12 heteroatoms. The number of thioether (sulfide) groups is 1. The number of hydrogen-bond acceptors (Lipinski definition) is 10. The Morgan fingerprint density at radius 1 is 1.09 bits per heavy atom. The van der Waals surface area contributed by atoms with E-state index in [9.17, 15) is 9.59 Å². The molecule has 1 fully saturated rings. The van der Waals surface area contributed by atoms with Gasteiger partial charge in [0.2, 0.25) is 11.0 Å². The summed E-state index contributed by atoms with van der Waals surface area (Å²) < 4.78 is 16.2. The van der Waals surface area contributed by atoms with Gasteiger partial charge >= 0.3 is 0 Å². The third-order valence-electron chi connectivity index (χ3n) is 4.82. The maximum absolute atomic E-state index is 12.9. The van der Waals surface area contributed by atoms with Gasteiger partial charge in [-0.05, 0) is 18.2 Å². The lowest BCUT2D eigenvalue weighted by atomic mass is 10.1. The normalized spacial score (nSPS) is 13.7. The number of carbonyl (C=O) groups is 2. The smallest absolute Gasteiger partial charge is 0.254 e. The Morgan fingerprint density at radius 3 is 2.53 bits per heavy atom. The van der Waals surface area contributed by atoms with Gasteiger partial charge in [0.25, 0.3) is 5.91 Å². The number of hydrogen-bond donors (Lipinski definition) is 1. The zero-order valence-electron chi connectivity index (χ0n) is 18.3. The van der Waals surface area contributed by atoms with Crippen LogP contribution in [0.1, 0.15) is 10.4 Å². The fourth-order valence-electron chi connectivity index (χ4n) is 3.11. The molecular formula is C20H27N5O5S2. The molecule has 2 aromatic rings. The Morgan fingerprint density at radius 2 is 1.84 bits per heavy atom. The van der Waals surface area contributed by atoms with E-state index >= 15 is 0 Å². The molecule has 0 unspecified atom stereocenters. The van der Waals surface area contributed by atoms with Crippen molar-refractivity contribution in [1.82, 2.24) is 20.4 Å². The van der Waals surface area contributed by atoms with Gasteiger partial charge in [0.05, 0.1) is 26.6 Å². The average Bonchev–Trinajstić information content (AvgIpc) is 3.31. The van der Waals surface area contributed by atoms with Crippen LogP contribution < -0.4 is 19.7 Å². The highest BCUT2D eigenvalue weighted by Crippen LogP contribution is 2.30. The van der Waals surface area contributed by atoms with E-state index in [1.165, 1.54) is 23.1 Å². The third-order valence-corrected chi connectivity index (χ3v) is 6.94. The molecule has 1 aliphatic heterocycles. The third kappa shape index (κ3) is 6.24. The molecule has 32 heavy (non-hydrogen) atoms. The van der Waals surface area contributed by atoms with E-state index in [0.29, 0.717) is 56.4 Å². The molecule has 2 heterocycles. The van der Waals surface area contributed by atoms with Crippen molar-refractivity contribution in [2.45, 2.75) is 4.34 Å². The average molecular weight is 482 g/mol. The van der Waals surface area contributed by atoms with Crippen molar-refractivity contribution in [1.29, 1.82) is 0 Å². The first-order chi connectivity index (χ1) is 15.5.